The van der Waals surface area contributed by atoms with E-state index in [0.29, 0.717) is 0 Å². The second-order valence-corrected chi connectivity index (χ2v) is 3.96. The van der Waals surface area contributed by atoms with Gasteiger partial charge in [0.1, 0.15) is 0 Å². The van der Waals surface area contributed by atoms with Gasteiger partial charge in [0.2, 0.25) is 0 Å². The number of hydrogen-bond donors (Lipinski definition) is 0. The average Bonchev–Trinajstić information content (AvgIpc) is 2.17. The Hall–Kier alpha value is -0.0400. The van der Waals surface area contributed by atoms with Crippen LogP contribution in [-0.2, 0) is 0 Å². The van der Waals surface area contributed by atoms with E-state index in [4.69, 9.17) is 0 Å². The fraction of sp³-hybridized carbons (Fsp3) is 1.00. The molecule has 2 unspecified atom stereocenters. The number of rotatable bonds is 0. The Morgan fingerprint density at radius 1 is 1.56 bits per heavy atom. The zero-order chi connectivity index (χ0) is 6.48. The van der Waals surface area contributed by atoms with Gasteiger partial charge in [0.05, 0.1) is 0 Å². The third-order valence-corrected chi connectivity index (χ3v) is 3.17. The molecule has 1 nitrogen and oxygen atoms in total. The van der Waals surface area contributed by atoms with Crippen LogP contribution in [0.2, 0.25) is 0 Å². The van der Waals surface area contributed by atoms with Gasteiger partial charge >= 0.3 is 0 Å². The summed E-state index contributed by atoms with van der Waals surface area (Å²) in [5.74, 6) is 1.03. The molecule has 0 aromatic carbocycles. The van der Waals surface area contributed by atoms with E-state index >= 15 is 0 Å². The molecule has 9 heavy (non-hydrogen) atoms. The standard InChI is InChI=1S/C8H15N/c1-7-5-8(7)3-4-9(2)6-8/h7H,3-6H2,1-2H3. The quantitative estimate of drug-likeness (QED) is 0.472. The zero-order valence-electron chi connectivity index (χ0n) is 6.35. The summed E-state index contributed by atoms with van der Waals surface area (Å²) < 4.78 is 0. The molecule has 2 fully saturated rings. The van der Waals surface area contributed by atoms with Crippen LogP contribution in [0, 0.1) is 11.3 Å². The molecule has 1 heterocycles. The molecule has 1 saturated heterocycles. The maximum absolute atomic E-state index is 2.46. The minimum absolute atomic E-state index is 0.800. The van der Waals surface area contributed by atoms with Crippen molar-refractivity contribution in [2.75, 3.05) is 20.1 Å². The molecule has 1 spiro atoms. The van der Waals surface area contributed by atoms with Crippen LogP contribution in [0.15, 0.2) is 0 Å². The molecule has 52 valence electrons. The Balaban J connectivity index is 2.03. The van der Waals surface area contributed by atoms with Gasteiger partial charge in [0, 0.05) is 6.54 Å². The molecule has 2 rings (SSSR count). The normalized spacial score (nSPS) is 50.7. The highest BCUT2D eigenvalue weighted by atomic mass is 15.1. The highest BCUT2D eigenvalue weighted by Crippen LogP contribution is 2.57. The minimum atomic E-state index is 0.800. The van der Waals surface area contributed by atoms with E-state index in [1.165, 1.54) is 25.9 Å². The Kier molecular flexibility index (Phi) is 0.963. The van der Waals surface area contributed by atoms with Crippen molar-refractivity contribution >= 4 is 0 Å². The lowest BCUT2D eigenvalue weighted by atomic mass is 10.0. The van der Waals surface area contributed by atoms with Crippen LogP contribution in [0.1, 0.15) is 19.8 Å². The van der Waals surface area contributed by atoms with E-state index in [2.05, 4.69) is 18.9 Å². The van der Waals surface area contributed by atoms with Gasteiger partial charge in [0.15, 0.2) is 0 Å². The molecular formula is C8H15N. The first-order chi connectivity index (χ1) is 4.23. The van der Waals surface area contributed by atoms with Crippen LogP contribution < -0.4 is 0 Å². The molecule has 1 saturated carbocycles. The largest absolute Gasteiger partial charge is 0.306 e. The summed E-state index contributed by atoms with van der Waals surface area (Å²) in [7, 11) is 2.24. The van der Waals surface area contributed by atoms with Gasteiger partial charge in [-0.1, -0.05) is 6.92 Å². The lowest BCUT2D eigenvalue weighted by Crippen LogP contribution is -2.14. The monoisotopic (exact) mass is 125 g/mol. The van der Waals surface area contributed by atoms with E-state index in [1.54, 1.807) is 0 Å². The maximum atomic E-state index is 2.46. The SMILES string of the molecule is CC1CC12CCN(C)C2. The Morgan fingerprint density at radius 3 is 2.44 bits per heavy atom. The second kappa shape index (κ2) is 1.51. The zero-order valence-corrected chi connectivity index (χ0v) is 6.35. The molecule has 1 aliphatic carbocycles. The summed E-state index contributed by atoms with van der Waals surface area (Å²) in [5, 5.41) is 0. The summed E-state index contributed by atoms with van der Waals surface area (Å²) in [6.45, 7) is 5.09. The predicted molar refractivity (Wildman–Crippen MR) is 38.3 cm³/mol. The van der Waals surface area contributed by atoms with Crippen LogP contribution in [-0.4, -0.2) is 25.0 Å². The summed E-state index contributed by atoms with van der Waals surface area (Å²) in [6.07, 6.45) is 2.96. The molecule has 0 amide bonds. The Morgan fingerprint density at radius 2 is 2.22 bits per heavy atom. The van der Waals surface area contributed by atoms with Crippen LogP contribution in [0.25, 0.3) is 0 Å². The van der Waals surface area contributed by atoms with Gasteiger partial charge in [0.25, 0.3) is 0 Å². The van der Waals surface area contributed by atoms with Crippen LogP contribution in [0.5, 0.6) is 0 Å². The Labute approximate surface area is 57.0 Å². The fourth-order valence-corrected chi connectivity index (χ4v) is 2.23. The maximum Gasteiger partial charge on any atom is 0.00381 e. The molecule has 2 aliphatic rings. The van der Waals surface area contributed by atoms with Crippen molar-refractivity contribution in [3.8, 4) is 0 Å². The smallest absolute Gasteiger partial charge is 0.00381 e. The predicted octanol–water partition coefficient (Wildman–Crippen LogP) is 1.35. The lowest BCUT2D eigenvalue weighted by molar-refractivity contribution is 0.379. The van der Waals surface area contributed by atoms with Gasteiger partial charge in [-0.25, -0.2) is 0 Å². The Bertz CT molecular complexity index is 131. The minimum Gasteiger partial charge on any atom is -0.306 e. The van der Waals surface area contributed by atoms with E-state index < -0.39 is 0 Å². The second-order valence-electron chi connectivity index (χ2n) is 3.96. The highest BCUT2D eigenvalue weighted by molar-refractivity contribution is 5.04. The molecule has 1 aliphatic heterocycles. The van der Waals surface area contributed by atoms with E-state index in [9.17, 15) is 0 Å². The lowest BCUT2D eigenvalue weighted by Gasteiger charge is -2.07. The van der Waals surface area contributed by atoms with Crippen molar-refractivity contribution in [1.29, 1.82) is 0 Å². The van der Waals surface area contributed by atoms with Crippen LogP contribution in [0.3, 0.4) is 0 Å². The van der Waals surface area contributed by atoms with Gasteiger partial charge < -0.3 is 4.90 Å². The van der Waals surface area contributed by atoms with Crippen molar-refractivity contribution in [2.45, 2.75) is 19.8 Å². The van der Waals surface area contributed by atoms with Crippen molar-refractivity contribution in [2.24, 2.45) is 11.3 Å². The third-order valence-electron chi connectivity index (χ3n) is 3.17. The fourth-order valence-electron chi connectivity index (χ4n) is 2.23. The number of likely N-dealkylation sites (tertiary alicyclic amines) is 1. The highest BCUT2D eigenvalue weighted by Gasteiger charge is 2.53. The molecule has 1 heteroatoms. The van der Waals surface area contributed by atoms with E-state index in [-0.39, 0.29) is 0 Å². The molecule has 0 aromatic heterocycles. The summed E-state index contributed by atoms with van der Waals surface area (Å²) in [6, 6.07) is 0. The van der Waals surface area contributed by atoms with Crippen molar-refractivity contribution in [3.63, 3.8) is 0 Å². The summed E-state index contributed by atoms with van der Waals surface area (Å²) in [4.78, 5) is 2.46. The number of nitrogens with zero attached hydrogens (tertiary/aromatic N) is 1. The summed E-state index contributed by atoms with van der Waals surface area (Å²) in [5.41, 5.74) is 0.800. The molecular weight excluding hydrogens is 110 g/mol. The topological polar surface area (TPSA) is 3.24 Å². The first-order valence-electron chi connectivity index (χ1n) is 3.91. The van der Waals surface area contributed by atoms with E-state index in [0.717, 1.165) is 11.3 Å². The first-order valence-corrected chi connectivity index (χ1v) is 3.91. The third kappa shape index (κ3) is 0.710. The van der Waals surface area contributed by atoms with Gasteiger partial charge in [-0.15, -0.1) is 0 Å². The van der Waals surface area contributed by atoms with Gasteiger partial charge in [-0.3, -0.25) is 0 Å². The molecule has 0 N–H and O–H groups in total. The van der Waals surface area contributed by atoms with Crippen LogP contribution in [0.4, 0.5) is 0 Å². The average molecular weight is 125 g/mol. The van der Waals surface area contributed by atoms with Crippen LogP contribution >= 0.6 is 0 Å². The van der Waals surface area contributed by atoms with Crippen molar-refractivity contribution in [3.05, 3.63) is 0 Å². The molecule has 0 aromatic rings. The van der Waals surface area contributed by atoms with E-state index in [1.807, 2.05) is 0 Å². The molecule has 2 atom stereocenters. The first kappa shape index (κ1) is 5.72. The molecule has 0 radical (unpaired) electrons. The van der Waals surface area contributed by atoms with Gasteiger partial charge in [-0.05, 0) is 37.8 Å². The molecule has 0 bridgehead atoms. The van der Waals surface area contributed by atoms with Crippen molar-refractivity contribution in [1.82, 2.24) is 4.90 Å². The number of hydrogen-bond acceptors (Lipinski definition) is 1. The summed E-state index contributed by atoms with van der Waals surface area (Å²) >= 11 is 0. The van der Waals surface area contributed by atoms with Gasteiger partial charge in [-0.2, -0.15) is 0 Å². The van der Waals surface area contributed by atoms with Crippen molar-refractivity contribution < 1.29 is 0 Å².